The molecule has 0 bridgehead atoms. The molecular weight excluding hydrogens is 389 g/mol. The Labute approximate surface area is 143 Å². The summed E-state index contributed by atoms with van der Waals surface area (Å²) in [5.74, 6) is 0.594. The van der Waals surface area contributed by atoms with Crippen molar-refractivity contribution in [1.82, 2.24) is 19.9 Å². The van der Waals surface area contributed by atoms with Gasteiger partial charge in [-0.05, 0) is 40.2 Å². The fourth-order valence-corrected chi connectivity index (χ4v) is 2.89. The van der Waals surface area contributed by atoms with E-state index in [1.165, 1.54) is 0 Å². The second kappa shape index (κ2) is 5.15. The minimum absolute atomic E-state index is 0.477. The number of aromatic amines is 2. The van der Waals surface area contributed by atoms with Crippen LogP contribution in [0.2, 0.25) is 10.0 Å². The summed E-state index contributed by atoms with van der Waals surface area (Å²) in [4.78, 5) is 15.2. The van der Waals surface area contributed by atoms with Crippen molar-refractivity contribution in [1.29, 1.82) is 0 Å². The predicted molar refractivity (Wildman–Crippen MR) is 93.2 cm³/mol. The monoisotopic (exact) mass is 395 g/mol. The second-order valence-corrected chi connectivity index (χ2v) is 6.35. The van der Waals surface area contributed by atoms with Crippen LogP contribution >= 0.6 is 39.1 Å². The Morgan fingerprint density at radius 2 is 1.86 bits per heavy atom. The average molecular weight is 397 g/mol. The summed E-state index contributed by atoms with van der Waals surface area (Å²) >= 11 is 15.4. The number of benzene rings is 1. The molecule has 0 saturated carbocycles. The first-order valence-corrected chi connectivity index (χ1v) is 7.90. The summed E-state index contributed by atoms with van der Waals surface area (Å²) in [6.07, 6.45) is 1.84. The van der Waals surface area contributed by atoms with Gasteiger partial charge in [0.25, 0.3) is 0 Å². The van der Waals surface area contributed by atoms with E-state index in [4.69, 9.17) is 23.2 Å². The van der Waals surface area contributed by atoms with Crippen LogP contribution in [0.4, 0.5) is 11.6 Å². The Bertz CT molecular complexity index is 968. The van der Waals surface area contributed by atoms with Crippen LogP contribution in [0.5, 0.6) is 0 Å². The Hall–Kier alpha value is -1.76. The molecule has 0 unspecified atom stereocenters. The molecule has 3 heterocycles. The molecule has 22 heavy (non-hydrogen) atoms. The van der Waals surface area contributed by atoms with Crippen LogP contribution in [0, 0.1) is 0 Å². The van der Waals surface area contributed by atoms with Crippen LogP contribution in [-0.2, 0) is 0 Å². The van der Waals surface area contributed by atoms with E-state index >= 15 is 0 Å². The molecule has 0 saturated heterocycles. The van der Waals surface area contributed by atoms with Crippen LogP contribution < -0.4 is 5.32 Å². The Morgan fingerprint density at radius 3 is 2.73 bits per heavy atom. The summed E-state index contributed by atoms with van der Waals surface area (Å²) < 4.78 is 0.769. The first-order valence-electron chi connectivity index (χ1n) is 6.35. The molecule has 3 N–H and O–H groups in total. The van der Waals surface area contributed by atoms with Crippen LogP contribution in [0.15, 0.2) is 35.1 Å². The molecule has 0 radical (unpaired) electrons. The van der Waals surface area contributed by atoms with E-state index in [1.807, 2.05) is 18.3 Å². The lowest BCUT2D eigenvalue weighted by Gasteiger charge is -1.99. The predicted octanol–water partition coefficient (Wildman–Crippen LogP) is 5.25. The van der Waals surface area contributed by atoms with Crippen LogP contribution in [-0.4, -0.2) is 19.9 Å². The first kappa shape index (κ1) is 13.9. The van der Waals surface area contributed by atoms with Crippen molar-refractivity contribution < 1.29 is 0 Å². The quantitative estimate of drug-likeness (QED) is 0.405. The summed E-state index contributed by atoms with van der Waals surface area (Å²) in [5, 5.41) is 4.18. The number of fused-ring (bicyclic) bond motifs is 2. The molecule has 110 valence electrons. The molecule has 0 aliphatic rings. The Kier molecular flexibility index (Phi) is 3.25. The molecule has 8 heteroatoms. The van der Waals surface area contributed by atoms with E-state index < -0.39 is 0 Å². The SMILES string of the molecule is Clc1cc2nc(Nc3c[nH]c4ccc(Br)nc34)[nH]c2cc1Cl. The maximum absolute atomic E-state index is 6.01. The summed E-state index contributed by atoms with van der Waals surface area (Å²) in [6, 6.07) is 7.32. The van der Waals surface area contributed by atoms with Gasteiger partial charge < -0.3 is 15.3 Å². The molecular formula is C14H8BrCl2N5. The van der Waals surface area contributed by atoms with Gasteiger partial charge in [0.05, 0.1) is 32.3 Å². The summed E-state index contributed by atoms with van der Waals surface area (Å²) in [5.41, 5.74) is 4.14. The fourth-order valence-electron chi connectivity index (χ4n) is 2.26. The highest BCUT2D eigenvalue weighted by molar-refractivity contribution is 9.10. The number of anilines is 2. The molecule has 0 aliphatic heterocycles. The summed E-state index contributed by atoms with van der Waals surface area (Å²) in [7, 11) is 0. The van der Waals surface area contributed by atoms with Gasteiger partial charge in [0, 0.05) is 6.20 Å². The molecule has 0 spiro atoms. The van der Waals surface area contributed by atoms with Gasteiger partial charge >= 0.3 is 0 Å². The number of H-pyrrole nitrogens is 2. The smallest absolute Gasteiger partial charge is 0.205 e. The third kappa shape index (κ3) is 2.33. The number of halogens is 3. The number of hydrogen-bond acceptors (Lipinski definition) is 3. The molecule has 4 rings (SSSR count). The third-order valence-corrected chi connectivity index (χ3v) is 4.43. The van der Waals surface area contributed by atoms with Crippen LogP contribution in [0.1, 0.15) is 0 Å². The molecule has 0 aliphatic carbocycles. The van der Waals surface area contributed by atoms with E-state index in [0.29, 0.717) is 16.0 Å². The maximum atomic E-state index is 6.01. The normalized spacial score (nSPS) is 11.4. The van der Waals surface area contributed by atoms with E-state index in [0.717, 1.165) is 32.4 Å². The molecule has 0 amide bonds. The van der Waals surface area contributed by atoms with Gasteiger partial charge in [-0.25, -0.2) is 9.97 Å². The molecule has 4 aromatic rings. The van der Waals surface area contributed by atoms with Crippen molar-refractivity contribution >= 4 is 72.8 Å². The lowest BCUT2D eigenvalue weighted by molar-refractivity contribution is 1.30. The van der Waals surface area contributed by atoms with Crippen molar-refractivity contribution in [3.8, 4) is 0 Å². The molecule has 1 aromatic carbocycles. The van der Waals surface area contributed by atoms with Crippen molar-refractivity contribution in [2.24, 2.45) is 0 Å². The van der Waals surface area contributed by atoms with E-state index in [2.05, 4.69) is 41.2 Å². The van der Waals surface area contributed by atoms with E-state index in [9.17, 15) is 0 Å². The molecule has 5 nitrogen and oxygen atoms in total. The highest BCUT2D eigenvalue weighted by Crippen LogP contribution is 2.29. The van der Waals surface area contributed by atoms with Gasteiger partial charge in [0.1, 0.15) is 10.1 Å². The van der Waals surface area contributed by atoms with Gasteiger partial charge in [0.15, 0.2) is 0 Å². The minimum Gasteiger partial charge on any atom is -0.358 e. The standard InChI is InChI=1S/C14H8BrCl2N5/c15-12-2-1-8-13(22-12)11(5-18-8)21-14-19-9-3-6(16)7(17)4-10(9)20-14/h1-5,18H,(H2,19,20,21). The van der Waals surface area contributed by atoms with Gasteiger partial charge in [-0.3, -0.25) is 0 Å². The second-order valence-electron chi connectivity index (χ2n) is 4.73. The number of nitrogens with one attached hydrogen (secondary N) is 3. The fraction of sp³-hybridized carbons (Fsp3) is 0. The molecule has 0 atom stereocenters. The number of aromatic nitrogens is 4. The zero-order valence-electron chi connectivity index (χ0n) is 10.9. The van der Waals surface area contributed by atoms with Gasteiger partial charge in [0.2, 0.25) is 5.95 Å². The Morgan fingerprint density at radius 1 is 1.05 bits per heavy atom. The lowest BCUT2D eigenvalue weighted by atomic mass is 10.3. The van der Waals surface area contributed by atoms with Gasteiger partial charge in [-0.15, -0.1) is 0 Å². The van der Waals surface area contributed by atoms with Crippen LogP contribution in [0.25, 0.3) is 22.1 Å². The van der Waals surface area contributed by atoms with E-state index in [1.54, 1.807) is 12.1 Å². The summed E-state index contributed by atoms with van der Waals surface area (Å²) in [6.45, 7) is 0. The number of imidazole rings is 1. The zero-order chi connectivity index (χ0) is 15.3. The maximum Gasteiger partial charge on any atom is 0.205 e. The largest absolute Gasteiger partial charge is 0.358 e. The van der Waals surface area contributed by atoms with E-state index in [-0.39, 0.29) is 0 Å². The number of rotatable bonds is 2. The third-order valence-electron chi connectivity index (χ3n) is 3.27. The molecule has 3 aromatic heterocycles. The number of pyridine rings is 1. The number of nitrogens with zero attached hydrogens (tertiary/aromatic N) is 2. The van der Waals surface area contributed by atoms with Gasteiger partial charge in [-0.1, -0.05) is 23.2 Å². The first-order chi connectivity index (χ1) is 10.6. The van der Waals surface area contributed by atoms with Crippen molar-refractivity contribution in [2.45, 2.75) is 0 Å². The van der Waals surface area contributed by atoms with Crippen molar-refractivity contribution in [3.63, 3.8) is 0 Å². The lowest BCUT2D eigenvalue weighted by Crippen LogP contribution is -1.91. The Balaban J connectivity index is 1.77. The topological polar surface area (TPSA) is 69.4 Å². The van der Waals surface area contributed by atoms with Crippen molar-refractivity contribution in [3.05, 3.63) is 45.1 Å². The zero-order valence-corrected chi connectivity index (χ0v) is 14.0. The average Bonchev–Trinajstić information content (AvgIpc) is 3.04. The van der Waals surface area contributed by atoms with Crippen molar-refractivity contribution in [2.75, 3.05) is 5.32 Å². The van der Waals surface area contributed by atoms with Crippen LogP contribution in [0.3, 0.4) is 0 Å². The minimum atomic E-state index is 0.477. The highest BCUT2D eigenvalue weighted by atomic mass is 79.9. The number of hydrogen-bond donors (Lipinski definition) is 3. The molecule has 0 fully saturated rings. The highest BCUT2D eigenvalue weighted by Gasteiger charge is 2.10. The van der Waals surface area contributed by atoms with Gasteiger partial charge in [-0.2, -0.15) is 0 Å².